The zero-order chi connectivity index (χ0) is 15.0. The minimum Gasteiger partial charge on any atom is -0.480 e. The van der Waals surface area contributed by atoms with Gasteiger partial charge in [-0.15, -0.1) is 0 Å². The molecule has 1 fully saturated rings. The van der Waals surface area contributed by atoms with Gasteiger partial charge in [0, 0.05) is 0 Å². The number of fused-ring (bicyclic) bond motifs is 1. The fourth-order valence-electron chi connectivity index (χ4n) is 2.89. The number of aliphatic carboxylic acids is 1. The van der Waals surface area contributed by atoms with E-state index in [0.29, 0.717) is 0 Å². The lowest BCUT2D eigenvalue weighted by Gasteiger charge is -2.18. The number of benzene rings is 1. The molecule has 5 nitrogen and oxygen atoms in total. The number of carbonyl (C=O) groups is 1. The molecular weight excluding hydrogens is 290 g/mol. The summed E-state index contributed by atoms with van der Waals surface area (Å²) < 4.78 is 27.1. The van der Waals surface area contributed by atoms with E-state index in [1.165, 1.54) is 5.56 Å². The molecule has 1 aromatic carbocycles. The third-order valence-electron chi connectivity index (χ3n) is 4.27. The summed E-state index contributed by atoms with van der Waals surface area (Å²) >= 11 is 0. The molecule has 1 aromatic rings. The van der Waals surface area contributed by atoms with Crippen molar-refractivity contribution in [2.45, 2.75) is 49.5 Å². The van der Waals surface area contributed by atoms with Gasteiger partial charge in [0.2, 0.25) is 10.0 Å². The van der Waals surface area contributed by atoms with Crippen molar-refractivity contribution in [3.05, 3.63) is 29.3 Å². The molecular formula is C15H19NO4S. The molecule has 0 aromatic heterocycles. The molecule has 2 N–H and O–H groups in total. The van der Waals surface area contributed by atoms with Gasteiger partial charge in [-0.25, -0.2) is 8.42 Å². The SMILES string of the molecule is O=C(O)C(NS(=O)(=O)c1ccc2c(c1)CCCC2)C1CC1. The molecule has 3 rings (SSSR count). The average molecular weight is 309 g/mol. The first-order valence-corrected chi connectivity index (χ1v) is 8.82. The number of aryl methyl sites for hydroxylation is 2. The molecule has 0 bridgehead atoms. The van der Waals surface area contributed by atoms with Crippen LogP contribution in [0, 0.1) is 5.92 Å². The molecule has 0 heterocycles. The third-order valence-corrected chi connectivity index (χ3v) is 5.71. The van der Waals surface area contributed by atoms with Crippen molar-refractivity contribution < 1.29 is 18.3 Å². The average Bonchev–Trinajstić information content (AvgIpc) is 3.28. The van der Waals surface area contributed by atoms with Crippen LogP contribution in [0.3, 0.4) is 0 Å². The minimum absolute atomic E-state index is 0.0742. The third kappa shape index (κ3) is 3.11. The van der Waals surface area contributed by atoms with Crippen LogP contribution in [0.15, 0.2) is 23.1 Å². The summed E-state index contributed by atoms with van der Waals surface area (Å²) in [6.07, 6.45) is 5.63. The summed E-state index contributed by atoms with van der Waals surface area (Å²) in [7, 11) is -3.77. The minimum atomic E-state index is -3.77. The molecule has 0 radical (unpaired) electrons. The number of rotatable bonds is 5. The summed E-state index contributed by atoms with van der Waals surface area (Å²) in [5.74, 6) is -1.17. The van der Waals surface area contributed by atoms with Gasteiger partial charge in [-0.1, -0.05) is 6.07 Å². The lowest BCUT2D eigenvalue weighted by Crippen LogP contribution is -2.42. The Hall–Kier alpha value is -1.40. The Kier molecular flexibility index (Phi) is 3.75. The summed E-state index contributed by atoms with van der Waals surface area (Å²) in [5.41, 5.74) is 2.28. The van der Waals surface area contributed by atoms with Crippen LogP contribution in [0.4, 0.5) is 0 Å². The van der Waals surface area contributed by atoms with Crippen LogP contribution in [0.2, 0.25) is 0 Å². The van der Waals surface area contributed by atoms with E-state index in [1.54, 1.807) is 12.1 Å². The molecule has 0 aliphatic heterocycles. The van der Waals surface area contributed by atoms with E-state index >= 15 is 0 Å². The van der Waals surface area contributed by atoms with Crippen LogP contribution in [-0.4, -0.2) is 25.5 Å². The Morgan fingerprint density at radius 2 is 1.86 bits per heavy atom. The van der Waals surface area contributed by atoms with Gasteiger partial charge in [-0.2, -0.15) is 4.72 Å². The van der Waals surface area contributed by atoms with Crippen molar-refractivity contribution >= 4 is 16.0 Å². The van der Waals surface area contributed by atoms with E-state index in [0.717, 1.165) is 44.1 Å². The van der Waals surface area contributed by atoms with E-state index in [1.807, 2.05) is 6.07 Å². The smallest absolute Gasteiger partial charge is 0.322 e. The van der Waals surface area contributed by atoms with Gasteiger partial charge in [0.1, 0.15) is 6.04 Å². The zero-order valence-corrected chi connectivity index (χ0v) is 12.5. The van der Waals surface area contributed by atoms with E-state index < -0.39 is 22.0 Å². The van der Waals surface area contributed by atoms with Crippen molar-refractivity contribution in [1.82, 2.24) is 4.72 Å². The number of carboxylic acids is 1. The molecule has 6 heteroatoms. The molecule has 1 saturated carbocycles. The second-order valence-corrected chi connectivity index (χ2v) is 7.63. The topological polar surface area (TPSA) is 83.5 Å². The Balaban J connectivity index is 1.85. The number of hydrogen-bond acceptors (Lipinski definition) is 3. The van der Waals surface area contributed by atoms with Gasteiger partial charge in [-0.05, 0) is 67.7 Å². The van der Waals surface area contributed by atoms with Crippen molar-refractivity contribution in [2.24, 2.45) is 5.92 Å². The Morgan fingerprint density at radius 1 is 1.19 bits per heavy atom. The fourth-order valence-corrected chi connectivity index (χ4v) is 4.20. The number of hydrogen-bond donors (Lipinski definition) is 2. The number of sulfonamides is 1. The maximum absolute atomic E-state index is 12.4. The van der Waals surface area contributed by atoms with Crippen LogP contribution in [0.25, 0.3) is 0 Å². The monoisotopic (exact) mass is 309 g/mol. The summed E-state index contributed by atoms with van der Waals surface area (Å²) in [6.45, 7) is 0. The number of carboxylic acid groups (broad SMARTS) is 1. The summed E-state index contributed by atoms with van der Waals surface area (Å²) in [5, 5.41) is 9.16. The second kappa shape index (κ2) is 5.42. The molecule has 1 atom stereocenters. The molecule has 0 spiro atoms. The zero-order valence-electron chi connectivity index (χ0n) is 11.7. The van der Waals surface area contributed by atoms with Gasteiger partial charge in [0.05, 0.1) is 4.90 Å². The van der Waals surface area contributed by atoms with Gasteiger partial charge in [-0.3, -0.25) is 4.79 Å². The van der Waals surface area contributed by atoms with Crippen molar-refractivity contribution in [2.75, 3.05) is 0 Å². The Morgan fingerprint density at radius 3 is 2.48 bits per heavy atom. The van der Waals surface area contributed by atoms with Crippen molar-refractivity contribution in [3.8, 4) is 0 Å². The summed E-state index contributed by atoms with van der Waals surface area (Å²) in [6, 6.07) is 4.13. The largest absolute Gasteiger partial charge is 0.480 e. The fraction of sp³-hybridized carbons (Fsp3) is 0.533. The van der Waals surface area contributed by atoms with Crippen LogP contribution >= 0.6 is 0 Å². The molecule has 21 heavy (non-hydrogen) atoms. The molecule has 2 aliphatic carbocycles. The highest BCUT2D eigenvalue weighted by Crippen LogP contribution is 2.33. The van der Waals surface area contributed by atoms with Crippen LogP contribution in [-0.2, 0) is 27.7 Å². The van der Waals surface area contributed by atoms with Crippen LogP contribution < -0.4 is 4.72 Å². The van der Waals surface area contributed by atoms with Gasteiger partial charge < -0.3 is 5.11 Å². The number of nitrogens with one attached hydrogen (secondary N) is 1. The van der Waals surface area contributed by atoms with E-state index in [4.69, 9.17) is 5.11 Å². The predicted molar refractivity (Wildman–Crippen MR) is 77.6 cm³/mol. The highest BCUT2D eigenvalue weighted by Gasteiger charge is 2.39. The Labute approximate surface area is 124 Å². The first-order chi connectivity index (χ1) is 9.97. The van der Waals surface area contributed by atoms with E-state index in [2.05, 4.69) is 4.72 Å². The first-order valence-electron chi connectivity index (χ1n) is 7.34. The van der Waals surface area contributed by atoms with Crippen LogP contribution in [0.5, 0.6) is 0 Å². The molecule has 0 amide bonds. The van der Waals surface area contributed by atoms with E-state index in [-0.39, 0.29) is 10.8 Å². The lowest BCUT2D eigenvalue weighted by molar-refractivity contribution is -0.139. The molecule has 1 unspecified atom stereocenters. The van der Waals surface area contributed by atoms with Gasteiger partial charge in [0.25, 0.3) is 0 Å². The predicted octanol–water partition coefficient (Wildman–Crippen LogP) is 1.71. The molecule has 114 valence electrons. The highest BCUT2D eigenvalue weighted by molar-refractivity contribution is 7.89. The molecule has 2 aliphatic rings. The quantitative estimate of drug-likeness (QED) is 0.867. The van der Waals surface area contributed by atoms with Crippen molar-refractivity contribution in [1.29, 1.82) is 0 Å². The maximum Gasteiger partial charge on any atom is 0.322 e. The second-order valence-electron chi connectivity index (χ2n) is 5.91. The maximum atomic E-state index is 12.4. The van der Waals surface area contributed by atoms with E-state index in [9.17, 15) is 13.2 Å². The van der Waals surface area contributed by atoms with Gasteiger partial charge >= 0.3 is 5.97 Å². The molecule has 0 saturated heterocycles. The highest BCUT2D eigenvalue weighted by atomic mass is 32.2. The first kappa shape index (κ1) is 14.5. The standard InChI is InChI=1S/C15H19NO4S/c17-15(18)14(11-5-6-11)16-21(19,20)13-8-7-10-3-1-2-4-12(10)9-13/h7-9,11,14,16H,1-6H2,(H,17,18). The summed E-state index contributed by atoms with van der Waals surface area (Å²) in [4.78, 5) is 11.4. The normalized spacial score (nSPS) is 19.8. The van der Waals surface area contributed by atoms with Crippen molar-refractivity contribution in [3.63, 3.8) is 0 Å². The lowest BCUT2D eigenvalue weighted by atomic mass is 9.92. The van der Waals surface area contributed by atoms with Gasteiger partial charge in [0.15, 0.2) is 0 Å². The van der Waals surface area contributed by atoms with Crippen LogP contribution in [0.1, 0.15) is 36.8 Å². The Bertz CT molecular complexity index is 664.